The molecule has 1 saturated heterocycles. The van der Waals surface area contributed by atoms with Crippen LogP contribution in [0.25, 0.3) is 11.6 Å². The number of fused-ring (bicyclic) bond motifs is 1. The summed E-state index contributed by atoms with van der Waals surface area (Å²) in [5.74, 6) is 1.14. The third kappa shape index (κ3) is 1.63. The van der Waals surface area contributed by atoms with Crippen LogP contribution in [0.4, 0.5) is 0 Å². The molecule has 5 nitrogen and oxygen atoms in total. The van der Waals surface area contributed by atoms with Crippen LogP contribution in [0.1, 0.15) is 6.42 Å². The third-order valence-electron chi connectivity index (χ3n) is 2.88. The molecule has 1 atom stereocenters. The van der Waals surface area contributed by atoms with Crippen molar-refractivity contribution in [3.63, 3.8) is 0 Å². The van der Waals surface area contributed by atoms with Gasteiger partial charge in [-0.1, -0.05) is 0 Å². The topological polar surface area (TPSA) is 57.3 Å². The quantitative estimate of drug-likeness (QED) is 0.757. The Morgan fingerprint density at radius 1 is 1.56 bits per heavy atom. The highest BCUT2D eigenvalue weighted by molar-refractivity contribution is 5.47. The van der Waals surface area contributed by atoms with Crippen LogP contribution in [0.3, 0.4) is 0 Å². The fourth-order valence-corrected chi connectivity index (χ4v) is 2.08. The highest BCUT2D eigenvalue weighted by Crippen LogP contribution is 2.21. The first kappa shape index (κ1) is 9.59. The predicted molar refractivity (Wildman–Crippen MR) is 56.3 cm³/mol. The highest BCUT2D eigenvalue weighted by atomic mass is 16.5. The Hall–Kier alpha value is -1.62. The Morgan fingerprint density at radius 2 is 2.50 bits per heavy atom. The molecule has 5 heteroatoms. The highest BCUT2D eigenvalue weighted by Gasteiger charge is 2.19. The number of ether oxygens (including phenoxy) is 1. The summed E-state index contributed by atoms with van der Waals surface area (Å²) in [7, 11) is 0. The number of nitrogens with zero attached hydrogens (tertiary/aromatic N) is 2. The maximum absolute atomic E-state index is 11.1. The molecule has 0 unspecified atom stereocenters. The van der Waals surface area contributed by atoms with Gasteiger partial charge in [0.15, 0.2) is 11.6 Å². The van der Waals surface area contributed by atoms with E-state index in [9.17, 15) is 4.79 Å². The van der Waals surface area contributed by atoms with Crippen LogP contribution in [0.5, 0.6) is 0 Å². The molecule has 1 fully saturated rings. The largest absolute Gasteiger partial charge is 0.441 e. The Morgan fingerprint density at radius 3 is 3.31 bits per heavy atom. The predicted octanol–water partition coefficient (Wildman–Crippen LogP) is 0.978. The lowest BCUT2D eigenvalue weighted by Gasteiger charge is -2.13. The minimum Gasteiger partial charge on any atom is -0.405 e. The zero-order valence-electron chi connectivity index (χ0n) is 8.76. The number of hydrogen-bond donors (Lipinski definition) is 0. The smallest absolute Gasteiger partial charge is 0.405 e. The van der Waals surface area contributed by atoms with Crippen molar-refractivity contribution in [1.82, 2.24) is 9.55 Å². The van der Waals surface area contributed by atoms with Crippen molar-refractivity contribution in [2.45, 2.75) is 13.0 Å². The van der Waals surface area contributed by atoms with Crippen molar-refractivity contribution in [1.29, 1.82) is 0 Å². The van der Waals surface area contributed by atoms with Gasteiger partial charge in [0, 0.05) is 25.3 Å². The van der Waals surface area contributed by atoms with E-state index in [2.05, 4.69) is 4.98 Å². The molecule has 84 valence electrons. The van der Waals surface area contributed by atoms with E-state index >= 15 is 0 Å². The summed E-state index contributed by atoms with van der Waals surface area (Å²) in [5.41, 5.74) is 0. The molecule has 0 N–H and O–H groups in total. The first-order valence-electron chi connectivity index (χ1n) is 5.37. The Kier molecular flexibility index (Phi) is 2.25. The fourth-order valence-electron chi connectivity index (χ4n) is 2.08. The van der Waals surface area contributed by atoms with Crippen molar-refractivity contribution >= 4 is 0 Å². The molecule has 16 heavy (non-hydrogen) atoms. The number of oxazole rings is 1. The SMILES string of the molecule is O=c1nc2n(C[C@@H]3CCOC3)cccc-2o1. The van der Waals surface area contributed by atoms with Crippen LogP contribution >= 0.6 is 0 Å². The third-order valence-corrected chi connectivity index (χ3v) is 2.88. The minimum absolute atomic E-state index is 0.502. The molecule has 0 saturated carbocycles. The van der Waals surface area contributed by atoms with Crippen LogP contribution in [-0.4, -0.2) is 22.8 Å². The number of aromatic nitrogens is 2. The van der Waals surface area contributed by atoms with Crippen molar-refractivity contribution < 1.29 is 9.15 Å². The first-order valence-corrected chi connectivity index (χ1v) is 5.37. The van der Waals surface area contributed by atoms with Crippen molar-refractivity contribution in [3.8, 4) is 11.6 Å². The van der Waals surface area contributed by atoms with E-state index in [4.69, 9.17) is 9.15 Å². The average molecular weight is 220 g/mol. The lowest BCUT2D eigenvalue weighted by atomic mass is 10.1. The molecule has 3 rings (SSSR count). The summed E-state index contributed by atoms with van der Waals surface area (Å²) in [6.07, 6.45) is 2.98. The number of pyridine rings is 1. The maximum Gasteiger partial charge on any atom is 0.441 e. The Bertz CT molecular complexity index is 510. The normalized spacial score (nSPS) is 20.6. The molecular weight excluding hydrogens is 208 g/mol. The van der Waals surface area contributed by atoms with E-state index in [1.54, 1.807) is 6.07 Å². The summed E-state index contributed by atoms with van der Waals surface area (Å²) in [4.78, 5) is 14.9. The van der Waals surface area contributed by atoms with Crippen LogP contribution in [-0.2, 0) is 11.3 Å². The molecule has 0 aliphatic carbocycles. The average Bonchev–Trinajstić information content (AvgIpc) is 2.86. The van der Waals surface area contributed by atoms with E-state index in [0.717, 1.165) is 26.2 Å². The second-order valence-electron chi connectivity index (χ2n) is 4.06. The second-order valence-corrected chi connectivity index (χ2v) is 4.06. The van der Waals surface area contributed by atoms with Gasteiger partial charge in [-0.3, -0.25) is 0 Å². The van der Waals surface area contributed by atoms with Gasteiger partial charge >= 0.3 is 5.76 Å². The van der Waals surface area contributed by atoms with Crippen molar-refractivity contribution in [3.05, 3.63) is 28.9 Å². The van der Waals surface area contributed by atoms with Gasteiger partial charge < -0.3 is 13.7 Å². The lowest BCUT2D eigenvalue weighted by molar-refractivity contribution is 0.182. The molecule has 3 aliphatic heterocycles. The number of rotatable bonds is 2. The summed E-state index contributed by atoms with van der Waals surface area (Å²) < 4.78 is 12.2. The molecule has 0 spiro atoms. The van der Waals surface area contributed by atoms with Crippen LogP contribution < -0.4 is 5.76 Å². The minimum atomic E-state index is -0.530. The Balaban J connectivity index is 1.94. The molecule has 0 amide bonds. The van der Waals surface area contributed by atoms with Gasteiger partial charge in [-0.15, -0.1) is 0 Å². The standard InChI is InChI=1S/C11H12N2O3/c14-11-12-10-9(16-11)2-1-4-13(10)6-8-3-5-15-7-8/h1-2,4,8H,3,5-7H2/t8-/m0/s1. The van der Waals surface area contributed by atoms with E-state index < -0.39 is 5.76 Å². The van der Waals surface area contributed by atoms with E-state index in [-0.39, 0.29) is 0 Å². The summed E-state index contributed by atoms with van der Waals surface area (Å²) in [5, 5.41) is 0. The zero-order valence-corrected chi connectivity index (χ0v) is 8.76. The second kappa shape index (κ2) is 3.75. The van der Waals surface area contributed by atoms with Crippen molar-refractivity contribution in [2.75, 3.05) is 13.2 Å². The van der Waals surface area contributed by atoms with Gasteiger partial charge in [-0.25, -0.2) is 4.79 Å². The van der Waals surface area contributed by atoms with Gasteiger partial charge in [0.25, 0.3) is 0 Å². The van der Waals surface area contributed by atoms with E-state index in [0.29, 0.717) is 17.5 Å². The zero-order chi connectivity index (χ0) is 11.0. The summed E-state index contributed by atoms with van der Waals surface area (Å²) >= 11 is 0. The summed E-state index contributed by atoms with van der Waals surface area (Å²) in [6, 6.07) is 3.62. The fraction of sp³-hybridized carbons (Fsp3) is 0.455. The van der Waals surface area contributed by atoms with Crippen LogP contribution in [0.15, 0.2) is 27.5 Å². The van der Waals surface area contributed by atoms with Gasteiger partial charge in [0.1, 0.15) is 0 Å². The summed E-state index contributed by atoms with van der Waals surface area (Å²) in [6.45, 7) is 2.43. The molecule has 0 bridgehead atoms. The molecule has 3 heterocycles. The lowest BCUT2D eigenvalue weighted by Crippen LogP contribution is -2.13. The maximum atomic E-state index is 11.1. The molecular formula is C11H12N2O3. The van der Waals surface area contributed by atoms with Crippen LogP contribution in [0.2, 0.25) is 0 Å². The Labute approximate surface area is 92.0 Å². The molecule has 0 aromatic carbocycles. The van der Waals surface area contributed by atoms with Crippen LogP contribution in [0, 0.1) is 5.92 Å². The molecule has 0 aromatic rings. The van der Waals surface area contributed by atoms with Gasteiger partial charge in [-0.2, -0.15) is 4.98 Å². The van der Waals surface area contributed by atoms with Gasteiger partial charge in [0.05, 0.1) is 6.61 Å². The van der Waals surface area contributed by atoms with E-state index in [1.807, 2.05) is 16.8 Å². The molecule has 3 aliphatic rings. The van der Waals surface area contributed by atoms with Gasteiger partial charge in [0.2, 0.25) is 0 Å². The molecule has 0 aromatic heterocycles. The molecule has 0 radical (unpaired) electrons. The van der Waals surface area contributed by atoms with Gasteiger partial charge in [-0.05, 0) is 18.6 Å². The van der Waals surface area contributed by atoms with E-state index in [1.165, 1.54) is 0 Å². The van der Waals surface area contributed by atoms with Crippen molar-refractivity contribution in [2.24, 2.45) is 5.92 Å². The monoisotopic (exact) mass is 220 g/mol. The first-order chi connectivity index (χ1) is 7.83. The number of hydrogen-bond acceptors (Lipinski definition) is 4.